The zero-order valence-corrected chi connectivity index (χ0v) is 9.83. The van der Waals surface area contributed by atoms with Crippen LogP contribution >= 0.6 is 11.6 Å². The van der Waals surface area contributed by atoms with Crippen LogP contribution in [0.2, 0.25) is 5.02 Å². The molecule has 0 unspecified atom stereocenters. The van der Waals surface area contributed by atoms with E-state index in [4.69, 9.17) is 22.1 Å². The van der Waals surface area contributed by atoms with Crippen LogP contribution in [-0.2, 0) is 0 Å². The van der Waals surface area contributed by atoms with Gasteiger partial charge in [-0.3, -0.25) is 0 Å². The Balaban J connectivity index is 2.31. The molecule has 88 valence electrons. The zero-order chi connectivity index (χ0) is 12.4. The van der Waals surface area contributed by atoms with Crippen LogP contribution in [0.15, 0.2) is 30.5 Å². The number of aryl methyl sites for hydroxylation is 1. The zero-order valence-electron chi connectivity index (χ0n) is 9.08. The third kappa shape index (κ3) is 2.65. The van der Waals surface area contributed by atoms with Gasteiger partial charge in [0.2, 0.25) is 5.88 Å². The number of benzene rings is 1. The minimum atomic E-state index is -0.313. The topological polar surface area (TPSA) is 48.1 Å². The van der Waals surface area contributed by atoms with E-state index in [-0.39, 0.29) is 11.7 Å². The molecule has 0 fully saturated rings. The number of aromatic nitrogens is 1. The average Bonchev–Trinajstić information content (AvgIpc) is 2.25. The highest BCUT2D eigenvalue weighted by Gasteiger charge is 2.07. The molecular formula is C12H10ClFN2O. The van der Waals surface area contributed by atoms with Crippen LogP contribution in [0.4, 0.5) is 10.1 Å². The third-order valence-corrected chi connectivity index (χ3v) is 2.40. The quantitative estimate of drug-likeness (QED) is 0.889. The van der Waals surface area contributed by atoms with E-state index in [0.29, 0.717) is 22.0 Å². The maximum absolute atomic E-state index is 12.9. The molecule has 0 atom stereocenters. The molecule has 17 heavy (non-hydrogen) atoms. The Morgan fingerprint density at radius 1 is 1.35 bits per heavy atom. The summed E-state index contributed by atoms with van der Waals surface area (Å²) in [6.45, 7) is 1.74. The minimum Gasteiger partial charge on any atom is -0.437 e. The molecule has 1 heterocycles. The summed E-state index contributed by atoms with van der Waals surface area (Å²) in [6.07, 6.45) is 1.44. The molecule has 0 spiro atoms. The molecule has 2 rings (SSSR count). The lowest BCUT2D eigenvalue weighted by atomic mass is 10.2. The molecule has 1 aromatic carbocycles. The maximum Gasteiger partial charge on any atom is 0.242 e. The second-order valence-corrected chi connectivity index (χ2v) is 4.00. The number of hydrogen-bond acceptors (Lipinski definition) is 3. The molecule has 0 amide bonds. The Morgan fingerprint density at radius 2 is 2.12 bits per heavy atom. The molecule has 5 heteroatoms. The molecule has 2 aromatic rings. The van der Waals surface area contributed by atoms with E-state index in [1.165, 1.54) is 24.4 Å². The number of ether oxygens (including phenoxy) is 1. The summed E-state index contributed by atoms with van der Waals surface area (Å²) in [7, 11) is 0. The number of hydrogen-bond donors (Lipinski definition) is 1. The number of nitrogen functional groups attached to an aromatic ring is 1. The summed E-state index contributed by atoms with van der Waals surface area (Å²) in [5.74, 6) is 0.448. The van der Waals surface area contributed by atoms with Gasteiger partial charge in [-0.15, -0.1) is 0 Å². The lowest BCUT2D eigenvalue weighted by molar-refractivity contribution is 0.460. The molecule has 0 bridgehead atoms. The monoisotopic (exact) mass is 252 g/mol. The van der Waals surface area contributed by atoms with E-state index in [9.17, 15) is 4.39 Å². The first-order chi connectivity index (χ1) is 8.06. The second kappa shape index (κ2) is 4.59. The molecule has 3 nitrogen and oxygen atoms in total. The number of nitrogens with zero attached hydrogens (tertiary/aromatic N) is 1. The molecule has 2 N–H and O–H groups in total. The van der Waals surface area contributed by atoms with Gasteiger partial charge in [0.1, 0.15) is 11.6 Å². The molecule has 0 radical (unpaired) electrons. The second-order valence-electron chi connectivity index (χ2n) is 3.56. The highest BCUT2D eigenvalue weighted by atomic mass is 35.5. The summed E-state index contributed by atoms with van der Waals surface area (Å²) in [6, 6.07) is 5.76. The normalized spacial score (nSPS) is 10.3. The average molecular weight is 253 g/mol. The smallest absolute Gasteiger partial charge is 0.242 e. The van der Waals surface area contributed by atoms with Gasteiger partial charge in [0.25, 0.3) is 0 Å². The van der Waals surface area contributed by atoms with Gasteiger partial charge in [-0.05, 0) is 36.8 Å². The van der Waals surface area contributed by atoms with Gasteiger partial charge < -0.3 is 10.5 Å². The van der Waals surface area contributed by atoms with Crippen LogP contribution in [0.5, 0.6) is 11.6 Å². The Labute approximate surface area is 103 Å². The fraction of sp³-hybridized carbons (Fsp3) is 0.0833. The Kier molecular flexibility index (Phi) is 3.15. The first kappa shape index (κ1) is 11.7. The van der Waals surface area contributed by atoms with Crippen molar-refractivity contribution in [3.8, 4) is 11.6 Å². The van der Waals surface area contributed by atoms with Crippen molar-refractivity contribution >= 4 is 17.3 Å². The molecule has 1 aromatic heterocycles. The van der Waals surface area contributed by atoms with E-state index in [1.54, 1.807) is 13.0 Å². The van der Waals surface area contributed by atoms with Crippen molar-refractivity contribution in [2.45, 2.75) is 6.92 Å². The van der Waals surface area contributed by atoms with Gasteiger partial charge in [0.15, 0.2) is 0 Å². The highest BCUT2D eigenvalue weighted by Crippen LogP contribution is 2.29. The lowest BCUT2D eigenvalue weighted by Crippen LogP contribution is -1.96. The van der Waals surface area contributed by atoms with Crippen molar-refractivity contribution in [1.29, 1.82) is 0 Å². The van der Waals surface area contributed by atoms with E-state index >= 15 is 0 Å². The van der Waals surface area contributed by atoms with Crippen molar-refractivity contribution in [3.63, 3.8) is 0 Å². The van der Waals surface area contributed by atoms with Gasteiger partial charge in [0, 0.05) is 6.20 Å². The number of anilines is 1. The van der Waals surface area contributed by atoms with Crippen molar-refractivity contribution < 1.29 is 9.13 Å². The van der Waals surface area contributed by atoms with Crippen molar-refractivity contribution in [2.24, 2.45) is 0 Å². The summed E-state index contributed by atoms with van der Waals surface area (Å²) < 4.78 is 18.4. The summed E-state index contributed by atoms with van der Waals surface area (Å²) in [5.41, 5.74) is 6.71. The number of rotatable bonds is 2. The Morgan fingerprint density at radius 3 is 2.76 bits per heavy atom. The van der Waals surface area contributed by atoms with Gasteiger partial charge in [0.05, 0.1) is 10.7 Å². The highest BCUT2D eigenvalue weighted by molar-refractivity contribution is 6.30. The molecule has 0 saturated carbocycles. The van der Waals surface area contributed by atoms with Crippen LogP contribution < -0.4 is 10.5 Å². The van der Waals surface area contributed by atoms with Gasteiger partial charge in [-0.1, -0.05) is 11.6 Å². The molecule has 0 aliphatic heterocycles. The largest absolute Gasteiger partial charge is 0.437 e. The standard InChI is InChI=1S/C12H10ClFN2O/c1-7-4-9(14)2-3-11(7)17-12-10(15)5-8(13)6-16-12/h2-6H,15H2,1H3. The van der Waals surface area contributed by atoms with Crippen LogP contribution in [-0.4, -0.2) is 4.98 Å². The SMILES string of the molecule is Cc1cc(F)ccc1Oc1ncc(Cl)cc1N. The minimum absolute atomic E-state index is 0.254. The first-order valence-corrected chi connectivity index (χ1v) is 5.29. The van der Waals surface area contributed by atoms with E-state index in [2.05, 4.69) is 4.98 Å². The summed E-state index contributed by atoms with van der Waals surface area (Å²) in [5, 5.41) is 0.436. The van der Waals surface area contributed by atoms with Crippen LogP contribution in [0, 0.1) is 12.7 Å². The Hall–Kier alpha value is -1.81. The van der Waals surface area contributed by atoms with Gasteiger partial charge in [-0.25, -0.2) is 9.37 Å². The van der Waals surface area contributed by atoms with Crippen molar-refractivity contribution in [2.75, 3.05) is 5.73 Å². The Bertz CT molecular complexity index is 511. The fourth-order valence-corrected chi connectivity index (χ4v) is 1.53. The predicted octanol–water partition coefficient (Wildman–Crippen LogP) is 3.56. The number of halogens is 2. The summed E-state index contributed by atoms with van der Waals surface area (Å²) >= 11 is 5.72. The van der Waals surface area contributed by atoms with Crippen LogP contribution in [0.3, 0.4) is 0 Å². The number of nitrogens with two attached hydrogens (primary N) is 1. The van der Waals surface area contributed by atoms with E-state index in [0.717, 1.165) is 0 Å². The first-order valence-electron chi connectivity index (χ1n) is 4.91. The molecule has 0 saturated heterocycles. The lowest BCUT2D eigenvalue weighted by Gasteiger charge is -2.09. The fourth-order valence-electron chi connectivity index (χ4n) is 1.36. The number of pyridine rings is 1. The van der Waals surface area contributed by atoms with Gasteiger partial charge in [-0.2, -0.15) is 0 Å². The molecular weight excluding hydrogens is 243 g/mol. The molecule has 0 aliphatic carbocycles. The third-order valence-electron chi connectivity index (χ3n) is 2.19. The van der Waals surface area contributed by atoms with Crippen LogP contribution in [0.25, 0.3) is 0 Å². The van der Waals surface area contributed by atoms with E-state index < -0.39 is 0 Å². The van der Waals surface area contributed by atoms with E-state index in [1.807, 2.05) is 0 Å². The molecule has 0 aliphatic rings. The predicted molar refractivity (Wildman–Crippen MR) is 64.9 cm³/mol. The van der Waals surface area contributed by atoms with Gasteiger partial charge >= 0.3 is 0 Å². The van der Waals surface area contributed by atoms with Crippen molar-refractivity contribution in [1.82, 2.24) is 4.98 Å². The maximum atomic E-state index is 12.9. The van der Waals surface area contributed by atoms with Crippen molar-refractivity contribution in [3.05, 3.63) is 46.9 Å². The summed E-state index contributed by atoms with van der Waals surface area (Å²) in [4.78, 5) is 3.96. The van der Waals surface area contributed by atoms with Crippen LogP contribution in [0.1, 0.15) is 5.56 Å².